The molecule has 2 aliphatic rings. The number of nitrogens with zero attached hydrogens (tertiary/aromatic N) is 1. The first-order valence-electron chi connectivity index (χ1n) is 8.94. The van der Waals surface area contributed by atoms with Crippen molar-refractivity contribution >= 4 is 16.0 Å². The van der Waals surface area contributed by atoms with Gasteiger partial charge in [0.1, 0.15) is 0 Å². The maximum absolute atomic E-state index is 12.2. The van der Waals surface area contributed by atoms with Gasteiger partial charge in [0, 0.05) is 13.1 Å². The lowest BCUT2D eigenvalue weighted by atomic mass is 9.93. The van der Waals surface area contributed by atoms with E-state index in [-0.39, 0.29) is 23.5 Å². The summed E-state index contributed by atoms with van der Waals surface area (Å²) in [5.74, 6) is 0.620. The van der Waals surface area contributed by atoms with E-state index in [9.17, 15) is 13.2 Å². The van der Waals surface area contributed by atoms with E-state index in [0.29, 0.717) is 12.3 Å². The number of nitrogens with one attached hydrogen (secondary N) is 1. The highest BCUT2D eigenvalue weighted by atomic mass is 32.2. The number of aryl methyl sites for hydroxylation is 1. The zero-order valence-electron chi connectivity index (χ0n) is 14.6. The predicted octanol–water partition coefficient (Wildman–Crippen LogP) is 1.69. The van der Waals surface area contributed by atoms with Crippen LogP contribution < -0.4 is 5.32 Å². The molecular formula is C18H26N2O4S. The molecule has 0 unspecified atom stereocenters. The quantitative estimate of drug-likeness (QED) is 0.776. The van der Waals surface area contributed by atoms with Gasteiger partial charge in [-0.2, -0.15) is 8.42 Å². The van der Waals surface area contributed by atoms with E-state index in [2.05, 4.69) is 5.32 Å². The highest BCUT2D eigenvalue weighted by molar-refractivity contribution is 7.86. The number of carbonyl (C=O) groups is 1. The van der Waals surface area contributed by atoms with Gasteiger partial charge >= 0.3 is 0 Å². The molecule has 1 aromatic rings. The lowest BCUT2D eigenvalue weighted by Crippen LogP contribution is -2.55. The second-order valence-corrected chi connectivity index (χ2v) is 8.56. The molecule has 138 valence electrons. The van der Waals surface area contributed by atoms with Gasteiger partial charge in [-0.05, 0) is 57.2 Å². The minimum Gasteiger partial charge on any atom is -0.341 e. The molecule has 0 radical (unpaired) electrons. The van der Waals surface area contributed by atoms with Crippen molar-refractivity contribution in [2.45, 2.75) is 43.5 Å². The molecule has 0 spiro atoms. The van der Waals surface area contributed by atoms with Gasteiger partial charge in [0.25, 0.3) is 10.1 Å². The maximum Gasteiger partial charge on any atom is 0.296 e. The third kappa shape index (κ3) is 4.59. The Labute approximate surface area is 149 Å². The first-order valence-corrected chi connectivity index (χ1v) is 10.3. The second-order valence-electron chi connectivity index (χ2n) is 6.94. The molecule has 7 heteroatoms. The SMILES string of the molecule is Cc1ccc(S(=O)(=O)OCCC2CCN(C(=O)[C@@H]3CCN3)CC2)cc1. The number of likely N-dealkylation sites (tertiary alicyclic amines) is 1. The van der Waals surface area contributed by atoms with Gasteiger partial charge in [-0.25, -0.2) is 0 Å². The summed E-state index contributed by atoms with van der Waals surface area (Å²) in [5, 5.41) is 3.15. The van der Waals surface area contributed by atoms with E-state index >= 15 is 0 Å². The summed E-state index contributed by atoms with van der Waals surface area (Å²) in [7, 11) is -3.68. The van der Waals surface area contributed by atoms with Gasteiger partial charge in [-0.1, -0.05) is 17.7 Å². The summed E-state index contributed by atoms with van der Waals surface area (Å²) in [4.78, 5) is 14.3. The Morgan fingerprint density at radius 1 is 1.20 bits per heavy atom. The molecule has 2 aliphatic heterocycles. The Morgan fingerprint density at radius 3 is 2.40 bits per heavy atom. The summed E-state index contributed by atoms with van der Waals surface area (Å²) in [5.41, 5.74) is 1.01. The van der Waals surface area contributed by atoms with Crippen LogP contribution in [0, 0.1) is 12.8 Å². The Bertz CT molecular complexity index is 690. The molecule has 2 heterocycles. The Kier molecular flexibility index (Phi) is 5.76. The minimum atomic E-state index is -3.68. The highest BCUT2D eigenvalue weighted by Crippen LogP contribution is 2.23. The molecule has 6 nitrogen and oxygen atoms in total. The number of hydrogen-bond acceptors (Lipinski definition) is 5. The van der Waals surface area contributed by atoms with Crippen LogP contribution in [0.3, 0.4) is 0 Å². The van der Waals surface area contributed by atoms with E-state index in [4.69, 9.17) is 4.18 Å². The number of amides is 1. The normalized spacial score (nSPS) is 21.8. The van der Waals surface area contributed by atoms with E-state index < -0.39 is 10.1 Å². The lowest BCUT2D eigenvalue weighted by Gasteiger charge is -2.37. The summed E-state index contributed by atoms with van der Waals surface area (Å²) in [6, 6.07) is 6.69. The van der Waals surface area contributed by atoms with Crippen molar-refractivity contribution in [3.8, 4) is 0 Å². The van der Waals surface area contributed by atoms with Gasteiger partial charge in [0.15, 0.2) is 0 Å². The lowest BCUT2D eigenvalue weighted by molar-refractivity contribution is -0.136. The molecule has 1 amide bonds. The van der Waals surface area contributed by atoms with Crippen molar-refractivity contribution in [1.82, 2.24) is 10.2 Å². The van der Waals surface area contributed by atoms with E-state index in [0.717, 1.165) is 44.5 Å². The number of benzene rings is 1. The van der Waals surface area contributed by atoms with Crippen LogP contribution >= 0.6 is 0 Å². The van der Waals surface area contributed by atoms with Crippen LogP contribution in [-0.4, -0.2) is 51.5 Å². The van der Waals surface area contributed by atoms with Crippen LogP contribution in [0.2, 0.25) is 0 Å². The molecule has 2 saturated heterocycles. The van der Waals surface area contributed by atoms with E-state index in [1.54, 1.807) is 24.3 Å². The molecule has 0 aromatic heterocycles. The van der Waals surface area contributed by atoms with Crippen LogP contribution in [0.4, 0.5) is 0 Å². The molecule has 0 saturated carbocycles. The van der Waals surface area contributed by atoms with Gasteiger partial charge in [-0.3, -0.25) is 8.98 Å². The van der Waals surface area contributed by atoms with Crippen molar-refractivity contribution in [3.63, 3.8) is 0 Å². The van der Waals surface area contributed by atoms with E-state index in [1.807, 2.05) is 11.8 Å². The van der Waals surface area contributed by atoms with Crippen LogP contribution in [0.1, 0.15) is 31.2 Å². The molecular weight excluding hydrogens is 340 g/mol. The first-order chi connectivity index (χ1) is 12.0. The summed E-state index contributed by atoms with van der Waals surface area (Å²) < 4.78 is 29.5. The first kappa shape index (κ1) is 18.4. The van der Waals surface area contributed by atoms with Crippen molar-refractivity contribution in [1.29, 1.82) is 0 Å². The largest absolute Gasteiger partial charge is 0.341 e. The molecule has 2 fully saturated rings. The molecule has 1 atom stereocenters. The van der Waals surface area contributed by atoms with Gasteiger partial charge in [-0.15, -0.1) is 0 Å². The highest BCUT2D eigenvalue weighted by Gasteiger charge is 2.31. The molecule has 0 aliphatic carbocycles. The van der Waals surface area contributed by atoms with Crippen molar-refractivity contribution in [2.75, 3.05) is 26.2 Å². The molecule has 25 heavy (non-hydrogen) atoms. The smallest absolute Gasteiger partial charge is 0.296 e. The fourth-order valence-electron chi connectivity index (χ4n) is 3.26. The summed E-state index contributed by atoms with van der Waals surface area (Å²) >= 11 is 0. The fraction of sp³-hybridized carbons (Fsp3) is 0.611. The number of carbonyl (C=O) groups excluding carboxylic acids is 1. The number of hydrogen-bond donors (Lipinski definition) is 1. The summed E-state index contributed by atoms with van der Waals surface area (Å²) in [6.07, 6.45) is 3.46. The predicted molar refractivity (Wildman–Crippen MR) is 94.6 cm³/mol. The zero-order valence-corrected chi connectivity index (χ0v) is 15.4. The van der Waals surface area contributed by atoms with Crippen molar-refractivity contribution in [3.05, 3.63) is 29.8 Å². The van der Waals surface area contributed by atoms with Gasteiger partial charge in [0.05, 0.1) is 17.5 Å². The van der Waals surface area contributed by atoms with Gasteiger partial charge < -0.3 is 10.2 Å². The fourth-order valence-corrected chi connectivity index (χ4v) is 4.18. The van der Waals surface area contributed by atoms with Crippen LogP contribution in [-0.2, 0) is 19.1 Å². The average molecular weight is 366 g/mol. The van der Waals surface area contributed by atoms with Crippen LogP contribution in [0.15, 0.2) is 29.2 Å². The van der Waals surface area contributed by atoms with Crippen molar-refractivity contribution in [2.24, 2.45) is 5.92 Å². The van der Waals surface area contributed by atoms with Crippen LogP contribution in [0.25, 0.3) is 0 Å². The standard InChI is InChI=1S/C18H26N2O4S/c1-14-2-4-16(5-3-14)25(22,23)24-13-9-15-7-11-20(12-8-15)18(21)17-6-10-19-17/h2-5,15,17,19H,6-13H2,1H3/t17-/m0/s1. The Morgan fingerprint density at radius 2 is 1.84 bits per heavy atom. The minimum absolute atomic E-state index is 0.0135. The zero-order chi connectivity index (χ0) is 17.9. The Balaban J connectivity index is 1.41. The van der Waals surface area contributed by atoms with Gasteiger partial charge in [0.2, 0.25) is 5.91 Å². The molecule has 1 aromatic carbocycles. The molecule has 1 N–H and O–H groups in total. The second kappa shape index (κ2) is 7.85. The number of piperidine rings is 1. The Hall–Kier alpha value is -1.44. The third-order valence-electron chi connectivity index (χ3n) is 5.12. The molecule has 0 bridgehead atoms. The van der Waals surface area contributed by atoms with Crippen molar-refractivity contribution < 1.29 is 17.4 Å². The summed E-state index contributed by atoms with van der Waals surface area (Å²) in [6.45, 7) is 4.55. The average Bonchev–Trinajstić information content (AvgIpc) is 2.54. The monoisotopic (exact) mass is 366 g/mol. The van der Waals surface area contributed by atoms with Crippen LogP contribution in [0.5, 0.6) is 0 Å². The topological polar surface area (TPSA) is 75.7 Å². The molecule has 3 rings (SSSR count). The number of rotatable bonds is 6. The maximum atomic E-state index is 12.2. The third-order valence-corrected chi connectivity index (χ3v) is 6.45. The van der Waals surface area contributed by atoms with E-state index in [1.165, 1.54) is 0 Å².